The van der Waals surface area contributed by atoms with Crippen LogP contribution >= 0.6 is 0 Å². The molecule has 0 spiro atoms. The molecule has 1 aliphatic rings. The Morgan fingerprint density at radius 2 is 2.23 bits per heavy atom. The Balaban J connectivity index is 2.31. The van der Waals surface area contributed by atoms with Crippen LogP contribution in [0.25, 0.3) is 0 Å². The van der Waals surface area contributed by atoms with Crippen LogP contribution < -0.4 is 5.32 Å². The van der Waals surface area contributed by atoms with E-state index in [4.69, 9.17) is 4.74 Å². The van der Waals surface area contributed by atoms with Gasteiger partial charge in [0.05, 0.1) is 22.0 Å². The van der Waals surface area contributed by atoms with Gasteiger partial charge in [0.2, 0.25) is 0 Å². The zero-order valence-corrected chi connectivity index (χ0v) is 13.4. The van der Waals surface area contributed by atoms with E-state index in [9.17, 15) is 18.5 Å². The summed E-state index contributed by atoms with van der Waals surface area (Å²) in [5.41, 5.74) is 0.0825. The van der Waals surface area contributed by atoms with E-state index in [1.807, 2.05) is 6.92 Å². The standard InChI is InChI=1S/C14H20N2O5S/c1-3-11(14-5-4-8-21-14)15-12-7-6-10(22(2,19)20)9-13(12)16(17)18/h6-7,9,11,14-15H,3-5,8H2,1-2H3. The molecule has 22 heavy (non-hydrogen) atoms. The van der Waals surface area contributed by atoms with Crippen molar-refractivity contribution < 1.29 is 18.1 Å². The fourth-order valence-corrected chi connectivity index (χ4v) is 3.23. The highest BCUT2D eigenvalue weighted by atomic mass is 32.2. The number of hydrogen-bond acceptors (Lipinski definition) is 6. The van der Waals surface area contributed by atoms with Crippen LogP contribution in [0.5, 0.6) is 0 Å². The quantitative estimate of drug-likeness (QED) is 0.636. The van der Waals surface area contributed by atoms with E-state index >= 15 is 0 Å². The smallest absolute Gasteiger partial charge is 0.293 e. The number of nitro benzene ring substituents is 1. The van der Waals surface area contributed by atoms with Crippen molar-refractivity contribution in [1.82, 2.24) is 0 Å². The molecule has 2 rings (SSSR count). The molecule has 1 fully saturated rings. The molecule has 2 atom stereocenters. The van der Waals surface area contributed by atoms with E-state index in [0.717, 1.165) is 31.6 Å². The number of benzene rings is 1. The Morgan fingerprint density at radius 3 is 2.73 bits per heavy atom. The first-order valence-corrected chi connectivity index (χ1v) is 9.08. The third kappa shape index (κ3) is 3.75. The predicted octanol–water partition coefficient (Wildman–Crippen LogP) is 2.37. The lowest BCUT2D eigenvalue weighted by molar-refractivity contribution is -0.384. The van der Waals surface area contributed by atoms with Crippen molar-refractivity contribution in [3.05, 3.63) is 28.3 Å². The van der Waals surface area contributed by atoms with Gasteiger partial charge in [0.1, 0.15) is 5.69 Å². The molecular formula is C14H20N2O5S. The van der Waals surface area contributed by atoms with E-state index in [-0.39, 0.29) is 22.7 Å². The number of rotatable bonds is 6. The lowest BCUT2D eigenvalue weighted by atomic mass is 10.0. The van der Waals surface area contributed by atoms with E-state index in [1.54, 1.807) is 0 Å². The van der Waals surface area contributed by atoms with Crippen molar-refractivity contribution in [2.24, 2.45) is 0 Å². The number of ether oxygens (including phenoxy) is 1. The third-order valence-corrected chi connectivity index (χ3v) is 4.90. The predicted molar refractivity (Wildman–Crippen MR) is 82.9 cm³/mol. The molecular weight excluding hydrogens is 308 g/mol. The summed E-state index contributed by atoms with van der Waals surface area (Å²) in [6.45, 7) is 2.69. The van der Waals surface area contributed by atoms with Gasteiger partial charge < -0.3 is 10.1 Å². The Bertz CT molecular complexity index is 653. The minimum absolute atomic E-state index is 0.0270. The second-order valence-corrected chi connectivity index (χ2v) is 7.43. The fourth-order valence-electron chi connectivity index (χ4n) is 2.59. The van der Waals surface area contributed by atoms with Crippen LogP contribution in [0.1, 0.15) is 26.2 Å². The van der Waals surface area contributed by atoms with Crippen molar-refractivity contribution in [3.63, 3.8) is 0 Å². The van der Waals surface area contributed by atoms with Crippen molar-refractivity contribution in [1.29, 1.82) is 0 Å². The van der Waals surface area contributed by atoms with Crippen molar-refractivity contribution in [3.8, 4) is 0 Å². The van der Waals surface area contributed by atoms with Gasteiger partial charge in [0, 0.05) is 18.9 Å². The summed E-state index contributed by atoms with van der Waals surface area (Å²) in [4.78, 5) is 10.6. The summed E-state index contributed by atoms with van der Waals surface area (Å²) < 4.78 is 28.7. The van der Waals surface area contributed by atoms with Crippen LogP contribution in [0.2, 0.25) is 0 Å². The molecule has 0 aromatic heterocycles. The molecule has 0 saturated carbocycles. The maximum atomic E-state index is 11.5. The van der Waals surface area contributed by atoms with Crippen molar-refractivity contribution >= 4 is 21.2 Å². The summed E-state index contributed by atoms with van der Waals surface area (Å²) in [6, 6.07) is 3.89. The zero-order valence-electron chi connectivity index (χ0n) is 12.6. The molecule has 7 nitrogen and oxygen atoms in total. The van der Waals surface area contributed by atoms with Gasteiger partial charge in [0.25, 0.3) is 5.69 Å². The highest BCUT2D eigenvalue weighted by molar-refractivity contribution is 7.90. The Kier molecular flexibility index (Phi) is 5.02. The van der Waals surface area contributed by atoms with Gasteiger partial charge in [-0.2, -0.15) is 0 Å². The van der Waals surface area contributed by atoms with E-state index in [1.165, 1.54) is 12.1 Å². The maximum Gasteiger partial charge on any atom is 0.293 e. The first kappa shape index (κ1) is 16.7. The van der Waals surface area contributed by atoms with E-state index in [0.29, 0.717) is 12.3 Å². The SMILES string of the molecule is CCC(Nc1ccc(S(C)(=O)=O)cc1[N+](=O)[O-])C1CCCO1. The molecule has 1 aliphatic heterocycles. The van der Waals surface area contributed by atoms with Gasteiger partial charge in [-0.15, -0.1) is 0 Å². The van der Waals surface area contributed by atoms with Crippen LogP contribution in [0.15, 0.2) is 23.1 Å². The topological polar surface area (TPSA) is 98.5 Å². The highest BCUT2D eigenvalue weighted by Crippen LogP contribution is 2.30. The van der Waals surface area contributed by atoms with Crippen LogP contribution in [0.3, 0.4) is 0 Å². The number of nitrogens with one attached hydrogen (secondary N) is 1. The van der Waals surface area contributed by atoms with E-state index in [2.05, 4.69) is 5.32 Å². The molecule has 1 aromatic carbocycles. The Hall–Kier alpha value is -1.67. The molecule has 1 N–H and O–H groups in total. The van der Waals surface area contributed by atoms with Crippen molar-refractivity contribution in [2.45, 2.75) is 43.2 Å². The molecule has 0 aliphatic carbocycles. The average Bonchev–Trinajstić information content (AvgIpc) is 2.97. The largest absolute Gasteiger partial charge is 0.376 e. The Labute approximate surface area is 129 Å². The molecule has 0 radical (unpaired) electrons. The summed E-state index contributed by atoms with van der Waals surface area (Å²) in [6.07, 6.45) is 3.72. The first-order valence-electron chi connectivity index (χ1n) is 7.19. The van der Waals surface area contributed by atoms with Crippen LogP contribution in [-0.2, 0) is 14.6 Å². The second-order valence-electron chi connectivity index (χ2n) is 5.42. The Morgan fingerprint density at radius 1 is 1.50 bits per heavy atom. The van der Waals surface area contributed by atoms with Gasteiger partial charge in [0.15, 0.2) is 9.84 Å². The van der Waals surface area contributed by atoms with Crippen LogP contribution in [-0.4, -0.2) is 38.3 Å². The van der Waals surface area contributed by atoms with Gasteiger partial charge in [-0.1, -0.05) is 6.92 Å². The molecule has 0 amide bonds. The lowest BCUT2D eigenvalue weighted by Crippen LogP contribution is -2.32. The molecule has 122 valence electrons. The molecule has 1 heterocycles. The maximum absolute atomic E-state index is 11.5. The van der Waals surface area contributed by atoms with Crippen LogP contribution in [0.4, 0.5) is 11.4 Å². The van der Waals surface area contributed by atoms with Gasteiger partial charge in [-0.05, 0) is 31.4 Å². The number of hydrogen-bond donors (Lipinski definition) is 1. The number of anilines is 1. The summed E-state index contributed by atoms with van der Waals surface area (Å²) in [5, 5.41) is 14.4. The van der Waals surface area contributed by atoms with E-state index < -0.39 is 14.8 Å². The molecule has 1 aromatic rings. The molecule has 2 unspecified atom stereocenters. The number of nitro groups is 1. The van der Waals surface area contributed by atoms with Crippen molar-refractivity contribution in [2.75, 3.05) is 18.2 Å². The molecule has 8 heteroatoms. The zero-order chi connectivity index (χ0) is 16.3. The minimum Gasteiger partial charge on any atom is -0.376 e. The first-order chi connectivity index (χ1) is 10.3. The molecule has 1 saturated heterocycles. The number of sulfone groups is 1. The monoisotopic (exact) mass is 328 g/mol. The van der Waals surface area contributed by atoms with Gasteiger partial charge >= 0.3 is 0 Å². The lowest BCUT2D eigenvalue weighted by Gasteiger charge is -2.23. The second kappa shape index (κ2) is 6.62. The third-order valence-electron chi connectivity index (χ3n) is 3.79. The summed E-state index contributed by atoms with van der Waals surface area (Å²) in [5.74, 6) is 0. The highest BCUT2D eigenvalue weighted by Gasteiger charge is 2.27. The number of nitrogens with zero attached hydrogens (tertiary/aromatic N) is 1. The fraction of sp³-hybridized carbons (Fsp3) is 0.571. The average molecular weight is 328 g/mol. The van der Waals surface area contributed by atoms with Gasteiger partial charge in [-0.25, -0.2) is 8.42 Å². The van der Waals surface area contributed by atoms with Gasteiger partial charge in [-0.3, -0.25) is 10.1 Å². The molecule has 0 bridgehead atoms. The van der Waals surface area contributed by atoms with Crippen LogP contribution in [0, 0.1) is 10.1 Å². The minimum atomic E-state index is -3.48. The normalized spacial score (nSPS) is 19.8. The summed E-state index contributed by atoms with van der Waals surface area (Å²) in [7, 11) is -3.48. The summed E-state index contributed by atoms with van der Waals surface area (Å²) >= 11 is 0.